The number of halogens is 1. The third-order valence-corrected chi connectivity index (χ3v) is 4.05. The molecule has 0 bridgehead atoms. The third-order valence-electron chi connectivity index (χ3n) is 3.03. The molecule has 1 aromatic carbocycles. The molecule has 0 amide bonds. The number of hydrogen-bond donors (Lipinski definition) is 0. The average Bonchev–Trinajstić information content (AvgIpc) is 2.17. The minimum Gasteiger partial charge on any atom is -0.0826 e. The number of benzene rings is 1. The van der Waals surface area contributed by atoms with Crippen molar-refractivity contribution in [3.05, 3.63) is 35.4 Å². The Labute approximate surface area is 93.9 Å². The van der Waals surface area contributed by atoms with Gasteiger partial charge in [0.15, 0.2) is 0 Å². The lowest BCUT2D eigenvalue weighted by Crippen LogP contribution is -2.20. The smallest absolute Gasteiger partial charge is 0.0113 e. The van der Waals surface area contributed by atoms with Gasteiger partial charge in [-0.2, -0.15) is 0 Å². The van der Waals surface area contributed by atoms with E-state index in [4.69, 9.17) is 0 Å². The van der Waals surface area contributed by atoms with Gasteiger partial charge in [-0.05, 0) is 36.3 Å². The van der Waals surface area contributed by atoms with Crippen LogP contribution in [0, 0.1) is 5.92 Å². The van der Waals surface area contributed by atoms with Gasteiger partial charge in [-0.15, -0.1) is 0 Å². The Morgan fingerprint density at radius 3 is 2.69 bits per heavy atom. The lowest BCUT2D eigenvalue weighted by molar-refractivity contribution is 0.465. The van der Waals surface area contributed by atoms with Gasteiger partial charge in [0, 0.05) is 3.92 Å². The van der Waals surface area contributed by atoms with Gasteiger partial charge >= 0.3 is 0 Å². The van der Waals surface area contributed by atoms with Gasteiger partial charge in [0.2, 0.25) is 0 Å². The standard InChI is InChI=1S/C12H15I/c1-9(13)11-7-6-10-4-2-3-5-12(10)8-11/h2-5,9,11H,6-8H2,1H3/t9-,11?/m0/s1. The predicted octanol–water partition coefficient (Wildman–Crippen LogP) is 3.62. The second kappa shape index (κ2) is 3.99. The maximum atomic E-state index is 2.56. The Bertz CT molecular complexity index is 291. The van der Waals surface area contributed by atoms with Gasteiger partial charge in [-0.3, -0.25) is 0 Å². The Hall–Kier alpha value is -0.0500. The van der Waals surface area contributed by atoms with Crippen molar-refractivity contribution in [3.63, 3.8) is 0 Å². The molecule has 0 spiro atoms. The summed E-state index contributed by atoms with van der Waals surface area (Å²) in [4.78, 5) is 0. The minimum absolute atomic E-state index is 0.811. The van der Waals surface area contributed by atoms with Crippen LogP contribution >= 0.6 is 22.6 Å². The highest BCUT2D eigenvalue weighted by Crippen LogP contribution is 2.30. The van der Waals surface area contributed by atoms with Gasteiger partial charge in [0.25, 0.3) is 0 Å². The van der Waals surface area contributed by atoms with Crippen molar-refractivity contribution in [2.45, 2.75) is 30.1 Å². The van der Waals surface area contributed by atoms with Crippen LogP contribution in [0.3, 0.4) is 0 Å². The highest BCUT2D eigenvalue weighted by molar-refractivity contribution is 14.1. The zero-order chi connectivity index (χ0) is 9.26. The summed E-state index contributed by atoms with van der Waals surface area (Å²) < 4.78 is 0.811. The summed E-state index contributed by atoms with van der Waals surface area (Å²) in [5.74, 6) is 0.899. The molecule has 1 heteroatoms. The summed E-state index contributed by atoms with van der Waals surface area (Å²) in [6.07, 6.45) is 3.95. The predicted molar refractivity (Wildman–Crippen MR) is 65.4 cm³/mol. The average molecular weight is 286 g/mol. The van der Waals surface area contributed by atoms with Crippen LogP contribution in [0.5, 0.6) is 0 Å². The maximum Gasteiger partial charge on any atom is 0.0113 e. The number of aryl methyl sites for hydroxylation is 1. The molecule has 70 valence electrons. The fourth-order valence-electron chi connectivity index (χ4n) is 2.12. The molecule has 0 heterocycles. The van der Waals surface area contributed by atoms with Crippen molar-refractivity contribution >= 4 is 22.6 Å². The molecule has 0 aliphatic heterocycles. The monoisotopic (exact) mass is 286 g/mol. The van der Waals surface area contributed by atoms with Gasteiger partial charge in [0.1, 0.15) is 0 Å². The molecule has 0 saturated carbocycles. The molecular weight excluding hydrogens is 271 g/mol. The maximum absolute atomic E-state index is 2.56. The minimum atomic E-state index is 0.811. The van der Waals surface area contributed by atoms with Crippen LogP contribution in [0.25, 0.3) is 0 Å². The molecule has 2 rings (SSSR count). The Kier molecular flexibility index (Phi) is 2.92. The number of alkyl halides is 1. The van der Waals surface area contributed by atoms with E-state index >= 15 is 0 Å². The molecule has 13 heavy (non-hydrogen) atoms. The molecule has 1 aromatic rings. The lowest BCUT2D eigenvalue weighted by atomic mass is 9.83. The molecule has 0 fully saturated rings. The van der Waals surface area contributed by atoms with E-state index in [1.165, 1.54) is 19.3 Å². The van der Waals surface area contributed by atoms with Crippen LogP contribution < -0.4 is 0 Å². The van der Waals surface area contributed by atoms with Gasteiger partial charge < -0.3 is 0 Å². The van der Waals surface area contributed by atoms with Gasteiger partial charge in [-0.25, -0.2) is 0 Å². The SMILES string of the molecule is C[C@H](I)C1CCc2ccccc2C1. The highest BCUT2D eigenvalue weighted by Gasteiger charge is 2.21. The summed E-state index contributed by atoms with van der Waals surface area (Å²) in [6.45, 7) is 2.33. The van der Waals surface area contributed by atoms with Gasteiger partial charge in [-0.1, -0.05) is 53.8 Å². The van der Waals surface area contributed by atoms with E-state index in [9.17, 15) is 0 Å². The third kappa shape index (κ3) is 2.06. The summed E-state index contributed by atoms with van der Waals surface area (Å²) in [5, 5.41) is 0. The van der Waals surface area contributed by atoms with Crippen molar-refractivity contribution in [3.8, 4) is 0 Å². The Morgan fingerprint density at radius 1 is 1.31 bits per heavy atom. The summed E-state index contributed by atoms with van der Waals surface area (Å²) in [7, 11) is 0. The van der Waals surface area contributed by atoms with E-state index in [1.807, 2.05) is 0 Å². The summed E-state index contributed by atoms with van der Waals surface area (Å²) >= 11 is 2.56. The normalized spacial score (nSPS) is 23.7. The van der Waals surface area contributed by atoms with Crippen LogP contribution in [0.1, 0.15) is 24.5 Å². The molecule has 0 aromatic heterocycles. The first-order chi connectivity index (χ1) is 6.27. The van der Waals surface area contributed by atoms with Crippen LogP contribution in [-0.2, 0) is 12.8 Å². The molecule has 2 atom stereocenters. The van der Waals surface area contributed by atoms with Crippen molar-refractivity contribution in [1.82, 2.24) is 0 Å². The Morgan fingerprint density at radius 2 is 2.00 bits per heavy atom. The van der Waals surface area contributed by atoms with Crippen LogP contribution in [0.4, 0.5) is 0 Å². The number of fused-ring (bicyclic) bond motifs is 1. The first-order valence-electron chi connectivity index (χ1n) is 4.98. The van der Waals surface area contributed by atoms with E-state index in [1.54, 1.807) is 11.1 Å². The van der Waals surface area contributed by atoms with E-state index in [0.29, 0.717) is 0 Å². The van der Waals surface area contributed by atoms with Crippen LogP contribution in [-0.4, -0.2) is 3.92 Å². The van der Waals surface area contributed by atoms with E-state index in [2.05, 4.69) is 53.8 Å². The zero-order valence-electron chi connectivity index (χ0n) is 7.96. The molecule has 0 radical (unpaired) electrons. The van der Waals surface area contributed by atoms with E-state index in [-0.39, 0.29) is 0 Å². The van der Waals surface area contributed by atoms with Gasteiger partial charge in [0.05, 0.1) is 0 Å². The van der Waals surface area contributed by atoms with E-state index < -0.39 is 0 Å². The van der Waals surface area contributed by atoms with Crippen molar-refractivity contribution < 1.29 is 0 Å². The zero-order valence-corrected chi connectivity index (χ0v) is 10.1. The lowest BCUT2D eigenvalue weighted by Gasteiger charge is -2.26. The molecule has 0 nitrogen and oxygen atoms in total. The topological polar surface area (TPSA) is 0 Å². The largest absolute Gasteiger partial charge is 0.0826 e. The van der Waals surface area contributed by atoms with Crippen molar-refractivity contribution in [2.75, 3.05) is 0 Å². The van der Waals surface area contributed by atoms with Crippen LogP contribution in [0.2, 0.25) is 0 Å². The highest BCUT2D eigenvalue weighted by atomic mass is 127. The molecule has 1 aliphatic rings. The number of rotatable bonds is 1. The van der Waals surface area contributed by atoms with Crippen molar-refractivity contribution in [1.29, 1.82) is 0 Å². The first kappa shape index (κ1) is 9.50. The van der Waals surface area contributed by atoms with E-state index in [0.717, 1.165) is 9.84 Å². The molecule has 0 N–H and O–H groups in total. The second-order valence-electron chi connectivity index (χ2n) is 3.95. The molecule has 1 aliphatic carbocycles. The molecule has 1 unspecified atom stereocenters. The fraction of sp³-hybridized carbons (Fsp3) is 0.500. The first-order valence-corrected chi connectivity index (χ1v) is 6.23. The quantitative estimate of drug-likeness (QED) is 0.546. The fourth-order valence-corrected chi connectivity index (χ4v) is 2.73. The van der Waals surface area contributed by atoms with Crippen molar-refractivity contribution in [2.24, 2.45) is 5.92 Å². The Balaban J connectivity index is 2.20. The molecular formula is C12H15I. The summed E-state index contributed by atoms with van der Waals surface area (Å²) in [5.41, 5.74) is 3.16. The molecule has 0 saturated heterocycles. The van der Waals surface area contributed by atoms with Crippen LogP contribution in [0.15, 0.2) is 24.3 Å². The number of hydrogen-bond acceptors (Lipinski definition) is 0. The second-order valence-corrected chi connectivity index (χ2v) is 5.91. The summed E-state index contributed by atoms with van der Waals surface area (Å²) in [6, 6.07) is 8.90.